The maximum absolute atomic E-state index is 12.0. The number of carbonyl (C=O) groups excluding carboxylic acids is 1. The van der Waals surface area contributed by atoms with Crippen LogP contribution in [0.15, 0.2) is 0 Å². The zero-order valence-corrected chi connectivity index (χ0v) is 10.9. The SMILES string of the molecule is CC(CCC(=O)O)CNC(=O)NC(C)CC(F)(F)F. The van der Waals surface area contributed by atoms with E-state index in [0.717, 1.165) is 0 Å². The Hall–Kier alpha value is -1.47. The summed E-state index contributed by atoms with van der Waals surface area (Å²) in [5.74, 6) is -0.977. The summed E-state index contributed by atoms with van der Waals surface area (Å²) < 4.78 is 36.1. The highest BCUT2D eigenvalue weighted by Crippen LogP contribution is 2.21. The number of aliphatic carboxylic acids is 1. The number of carboxylic acids is 1. The standard InChI is InChI=1S/C11H19F3N2O3/c1-7(3-4-9(17)18)6-15-10(19)16-8(2)5-11(12,13)14/h7-8H,3-6H2,1-2H3,(H,17,18)(H2,15,16,19). The lowest BCUT2D eigenvalue weighted by Crippen LogP contribution is -2.43. The molecule has 19 heavy (non-hydrogen) atoms. The molecule has 0 radical (unpaired) electrons. The van der Waals surface area contributed by atoms with Gasteiger partial charge in [-0.2, -0.15) is 13.2 Å². The fourth-order valence-corrected chi connectivity index (χ4v) is 1.41. The van der Waals surface area contributed by atoms with E-state index in [1.54, 1.807) is 6.92 Å². The Balaban J connectivity index is 3.83. The third-order valence-electron chi connectivity index (χ3n) is 2.38. The van der Waals surface area contributed by atoms with Crippen LogP contribution in [0.3, 0.4) is 0 Å². The molecule has 5 nitrogen and oxygen atoms in total. The molecule has 0 aromatic heterocycles. The second-order valence-corrected chi connectivity index (χ2v) is 4.61. The number of amides is 2. The van der Waals surface area contributed by atoms with Crippen molar-refractivity contribution in [3.63, 3.8) is 0 Å². The minimum atomic E-state index is -4.32. The fourth-order valence-electron chi connectivity index (χ4n) is 1.41. The van der Waals surface area contributed by atoms with Crippen LogP contribution in [0.5, 0.6) is 0 Å². The van der Waals surface area contributed by atoms with Gasteiger partial charge in [-0.15, -0.1) is 0 Å². The number of hydrogen-bond acceptors (Lipinski definition) is 2. The lowest BCUT2D eigenvalue weighted by atomic mass is 10.1. The van der Waals surface area contributed by atoms with Crippen molar-refractivity contribution in [3.8, 4) is 0 Å². The number of nitrogens with one attached hydrogen (secondary N) is 2. The van der Waals surface area contributed by atoms with Gasteiger partial charge in [0.2, 0.25) is 0 Å². The van der Waals surface area contributed by atoms with Crippen molar-refractivity contribution >= 4 is 12.0 Å². The van der Waals surface area contributed by atoms with E-state index >= 15 is 0 Å². The van der Waals surface area contributed by atoms with Gasteiger partial charge in [-0.25, -0.2) is 4.79 Å². The molecular weight excluding hydrogens is 265 g/mol. The van der Waals surface area contributed by atoms with Gasteiger partial charge in [0.15, 0.2) is 0 Å². The molecule has 0 heterocycles. The van der Waals surface area contributed by atoms with Crippen molar-refractivity contribution < 1.29 is 27.9 Å². The Morgan fingerprint density at radius 1 is 1.26 bits per heavy atom. The van der Waals surface area contributed by atoms with Crippen LogP contribution in [0.4, 0.5) is 18.0 Å². The van der Waals surface area contributed by atoms with Crippen molar-refractivity contribution in [1.82, 2.24) is 10.6 Å². The number of rotatable bonds is 7. The van der Waals surface area contributed by atoms with Gasteiger partial charge in [-0.3, -0.25) is 4.79 Å². The lowest BCUT2D eigenvalue weighted by molar-refractivity contribution is -0.138. The zero-order chi connectivity index (χ0) is 15.1. The smallest absolute Gasteiger partial charge is 0.391 e. The average Bonchev–Trinajstić information content (AvgIpc) is 2.20. The van der Waals surface area contributed by atoms with Gasteiger partial charge in [0.25, 0.3) is 0 Å². The van der Waals surface area contributed by atoms with Gasteiger partial charge in [-0.1, -0.05) is 6.92 Å². The molecule has 0 saturated carbocycles. The van der Waals surface area contributed by atoms with Crippen LogP contribution in [-0.4, -0.2) is 35.9 Å². The number of urea groups is 1. The minimum Gasteiger partial charge on any atom is -0.481 e. The van der Waals surface area contributed by atoms with E-state index < -0.39 is 30.6 Å². The summed E-state index contributed by atoms with van der Waals surface area (Å²) >= 11 is 0. The first kappa shape index (κ1) is 17.5. The Morgan fingerprint density at radius 2 is 1.84 bits per heavy atom. The van der Waals surface area contributed by atoms with E-state index in [4.69, 9.17) is 5.11 Å². The van der Waals surface area contributed by atoms with E-state index in [1.807, 2.05) is 0 Å². The number of alkyl halides is 3. The largest absolute Gasteiger partial charge is 0.481 e. The average molecular weight is 284 g/mol. The molecule has 8 heteroatoms. The van der Waals surface area contributed by atoms with Gasteiger partial charge < -0.3 is 15.7 Å². The first-order valence-corrected chi connectivity index (χ1v) is 5.93. The summed E-state index contributed by atoms with van der Waals surface area (Å²) in [6.07, 6.45) is -5.01. The summed E-state index contributed by atoms with van der Waals surface area (Å²) in [5, 5.41) is 13.0. The van der Waals surface area contributed by atoms with Crippen molar-refractivity contribution in [3.05, 3.63) is 0 Å². The number of carbonyl (C=O) groups is 2. The molecule has 0 spiro atoms. The molecule has 0 aromatic carbocycles. The molecule has 0 aromatic rings. The predicted octanol–water partition coefficient (Wildman–Crippen LogP) is 2.13. The molecule has 2 amide bonds. The Labute approximate surface area is 109 Å². The first-order valence-electron chi connectivity index (χ1n) is 5.93. The molecule has 0 rings (SSSR count). The van der Waals surface area contributed by atoms with Gasteiger partial charge >= 0.3 is 18.2 Å². The van der Waals surface area contributed by atoms with Gasteiger partial charge in [-0.05, 0) is 19.3 Å². The van der Waals surface area contributed by atoms with Crippen LogP contribution in [0.25, 0.3) is 0 Å². The van der Waals surface area contributed by atoms with Gasteiger partial charge in [0, 0.05) is 19.0 Å². The molecule has 0 aliphatic carbocycles. The summed E-state index contributed by atoms with van der Waals surface area (Å²) in [5.41, 5.74) is 0. The number of hydrogen-bond donors (Lipinski definition) is 3. The molecule has 3 N–H and O–H groups in total. The van der Waals surface area contributed by atoms with E-state index in [9.17, 15) is 22.8 Å². The lowest BCUT2D eigenvalue weighted by Gasteiger charge is -2.17. The monoisotopic (exact) mass is 284 g/mol. The van der Waals surface area contributed by atoms with Crippen LogP contribution < -0.4 is 10.6 Å². The maximum Gasteiger partial charge on any atom is 0.391 e. The second kappa shape index (κ2) is 7.85. The highest BCUT2D eigenvalue weighted by atomic mass is 19.4. The second-order valence-electron chi connectivity index (χ2n) is 4.61. The summed E-state index contributed by atoms with van der Waals surface area (Å²) in [6.45, 7) is 3.24. The van der Waals surface area contributed by atoms with Crippen molar-refractivity contribution in [1.29, 1.82) is 0 Å². The highest BCUT2D eigenvalue weighted by molar-refractivity contribution is 5.74. The van der Waals surface area contributed by atoms with Crippen molar-refractivity contribution in [2.75, 3.05) is 6.54 Å². The third kappa shape index (κ3) is 11.4. The van der Waals surface area contributed by atoms with E-state index in [2.05, 4.69) is 10.6 Å². The van der Waals surface area contributed by atoms with E-state index in [0.29, 0.717) is 6.42 Å². The molecule has 112 valence electrons. The van der Waals surface area contributed by atoms with Crippen LogP contribution in [0, 0.1) is 5.92 Å². The summed E-state index contributed by atoms with van der Waals surface area (Å²) in [7, 11) is 0. The molecule has 0 aliphatic rings. The molecule has 2 unspecified atom stereocenters. The molecule has 0 fully saturated rings. The van der Waals surface area contributed by atoms with Crippen molar-refractivity contribution in [2.45, 2.75) is 45.3 Å². The summed E-state index contributed by atoms with van der Waals surface area (Å²) in [4.78, 5) is 21.6. The topological polar surface area (TPSA) is 78.4 Å². The first-order chi connectivity index (χ1) is 8.60. The third-order valence-corrected chi connectivity index (χ3v) is 2.38. The zero-order valence-electron chi connectivity index (χ0n) is 10.9. The molecule has 2 atom stereocenters. The van der Waals surface area contributed by atoms with Crippen LogP contribution >= 0.6 is 0 Å². The Bertz CT molecular complexity index is 308. The van der Waals surface area contributed by atoms with Gasteiger partial charge in [0.1, 0.15) is 0 Å². The molecule has 0 bridgehead atoms. The normalized spacial score (nSPS) is 14.6. The van der Waals surface area contributed by atoms with Crippen molar-refractivity contribution in [2.24, 2.45) is 5.92 Å². The number of carboxylic acid groups (broad SMARTS) is 1. The van der Waals surface area contributed by atoms with Crippen LogP contribution in [0.1, 0.15) is 33.1 Å². The molecule has 0 aliphatic heterocycles. The molecular formula is C11H19F3N2O3. The predicted molar refractivity (Wildman–Crippen MR) is 62.7 cm³/mol. The van der Waals surface area contributed by atoms with E-state index in [-0.39, 0.29) is 18.9 Å². The molecule has 0 saturated heterocycles. The number of halogens is 3. The highest BCUT2D eigenvalue weighted by Gasteiger charge is 2.30. The summed E-state index contributed by atoms with van der Waals surface area (Å²) in [6, 6.07) is -1.69. The van der Waals surface area contributed by atoms with Crippen LogP contribution in [0.2, 0.25) is 0 Å². The Kier molecular flexibility index (Phi) is 7.25. The Morgan fingerprint density at radius 3 is 2.32 bits per heavy atom. The van der Waals surface area contributed by atoms with E-state index in [1.165, 1.54) is 6.92 Å². The quantitative estimate of drug-likeness (QED) is 0.670. The fraction of sp³-hybridized carbons (Fsp3) is 0.818. The van der Waals surface area contributed by atoms with Crippen LogP contribution in [-0.2, 0) is 4.79 Å². The maximum atomic E-state index is 12.0. The minimum absolute atomic E-state index is 0.00502. The van der Waals surface area contributed by atoms with Gasteiger partial charge in [0.05, 0.1) is 6.42 Å².